The Kier molecular flexibility index (Phi) is 7.67. The summed E-state index contributed by atoms with van der Waals surface area (Å²) in [5.74, 6) is 0.0468. The monoisotopic (exact) mass is 466 g/mol. The summed E-state index contributed by atoms with van der Waals surface area (Å²) in [6.07, 6.45) is 3.27. The lowest BCUT2D eigenvalue weighted by atomic mass is 10.2. The van der Waals surface area contributed by atoms with Crippen molar-refractivity contribution >= 4 is 57.0 Å². The van der Waals surface area contributed by atoms with Crippen molar-refractivity contribution in [1.82, 2.24) is 0 Å². The fourth-order valence-electron chi connectivity index (χ4n) is 2.43. The van der Waals surface area contributed by atoms with E-state index in [1.54, 1.807) is 6.08 Å². The lowest BCUT2D eigenvalue weighted by Gasteiger charge is -2.06. The molecule has 2 N–H and O–H groups in total. The van der Waals surface area contributed by atoms with Crippen LogP contribution in [0.5, 0.6) is 0 Å². The van der Waals surface area contributed by atoms with Gasteiger partial charge in [0.15, 0.2) is 0 Å². The predicted molar refractivity (Wildman–Crippen MR) is 124 cm³/mol. The molecule has 0 spiro atoms. The molecule has 0 aliphatic carbocycles. The second kappa shape index (κ2) is 10.6. The number of nitrogens with one attached hydrogen (secondary N) is 2. The summed E-state index contributed by atoms with van der Waals surface area (Å²) < 4.78 is 0.965. The highest BCUT2D eigenvalue weighted by Gasteiger charge is 2.05. The van der Waals surface area contributed by atoms with E-state index in [1.165, 1.54) is 17.8 Å². The Hall–Kier alpha value is -2.83. The third-order valence-corrected chi connectivity index (χ3v) is 5.39. The number of amides is 2. The first-order valence-corrected chi connectivity index (χ1v) is 10.7. The fourth-order valence-corrected chi connectivity index (χ4v) is 3.40. The van der Waals surface area contributed by atoms with Crippen molar-refractivity contribution in [3.05, 3.63) is 95.0 Å². The predicted octanol–water partition coefficient (Wildman–Crippen LogP) is 5.83. The van der Waals surface area contributed by atoms with E-state index >= 15 is 0 Å². The molecule has 0 bridgehead atoms. The van der Waals surface area contributed by atoms with Crippen molar-refractivity contribution in [2.45, 2.75) is 4.90 Å². The average molecular weight is 467 g/mol. The zero-order valence-corrected chi connectivity index (χ0v) is 17.9. The maximum absolute atomic E-state index is 12.1. The molecule has 3 aromatic rings. The van der Waals surface area contributed by atoms with Crippen LogP contribution in [0, 0.1) is 0 Å². The van der Waals surface area contributed by atoms with E-state index in [0.29, 0.717) is 11.4 Å². The molecule has 0 saturated heterocycles. The number of anilines is 2. The van der Waals surface area contributed by atoms with Crippen LogP contribution in [-0.2, 0) is 9.59 Å². The molecule has 0 atom stereocenters. The lowest BCUT2D eigenvalue weighted by molar-refractivity contribution is -0.114. The number of carbonyl (C=O) groups excluding carboxylic acids is 2. The van der Waals surface area contributed by atoms with E-state index in [4.69, 9.17) is 0 Å². The minimum absolute atomic E-state index is 0.0687. The van der Waals surface area contributed by atoms with E-state index < -0.39 is 0 Å². The minimum Gasteiger partial charge on any atom is -0.325 e. The van der Waals surface area contributed by atoms with Gasteiger partial charge in [0.2, 0.25) is 11.8 Å². The van der Waals surface area contributed by atoms with Gasteiger partial charge in [0.05, 0.1) is 5.75 Å². The van der Waals surface area contributed by atoms with Crippen LogP contribution in [0.1, 0.15) is 5.56 Å². The van der Waals surface area contributed by atoms with E-state index in [0.717, 1.165) is 20.6 Å². The standard InChI is InChI=1S/C23H19BrN2O2S/c24-18-7-9-19(10-8-18)26-23(28)16-29-21-13-11-20(12-14-21)25-22(27)15-6-17-4-2-1-3-5-17/h1-15H,16H2,(H,25,27)(H,26,28)/b15-6+. The Morgan fingerprint density at radius 2 is 1.45 bits per heavy atom. The number of carbonyl (C=O) groups is 2. The first-order valence-electron chi connectivity index (χ1n) is 8.91. The molecule has 0 heterocycles. The summed E-state index contributed by atoms with van der Waals surface area (Å²) in [7, 11) is 0. The van der Waals surface area contributed by atoms with Crippen molar-refractivity contribution in [2.24, 2.45) is 0 Å². The lowest BCUT2D eigenvalue weighted by Crippen LogP contribution is -2.13. The summed E-state index contributed by atoms with van der Waals surface area (Å²) in [5, 5.41) is 5.68. The summed E-state index contributed by atoms with van der Waals surface area (Å²) in [4.78, 5) is 25.0. The van der Waals surface area contributed by atoms with E-state index in [2.05, 4.69) is 26.6 Å². The zero-order valence-electron chi connectivity index (χ0n) is 15.5. The van der Waals surface area contributed by atoms with Gasteiger partial charge in [0.1, 0.15) is 0 Å². The van der Waals surface area contributed by atoms with E-state index in [1.807, 2.05) is 78.9 Å². The maximum Gasteiger partial charge on any atom is 0.248 e. The quantitative estimate of drug-likeness (QED) is 0.340. The van der Waals surface area contributed by atoms with Crippen LogP contribution in [-0.4, -0.2) is 17.6 Å². The van der Waals surface area contributed by atoms with Crippen molar-refractivity contribution in [3.63, 3.8) is 0 Å². The smallest absolute Gasteiger partial charge is 0.248 e. The van der Waals surface area contributed by atoms with Gasteiger partial charge in [-0.3, -0.25) is 9.59 Å². The van der Waals surface area contributed by atoms with Crippen LogP contribution < -0.4 is 10.6 Å². The first kappa shape index (κ1) is 20.9. The van der Waals surface area contributed by atoms with Crippen molar-refractivity contribution in [3.8, 4) is 0 Å². The van der Waals surface area contributed by atoms with E-state index in [-0.39, 0.29) is 11.8 Å². The third kappa shape index (κ3) is 7.25. The molecule has 3 aromatic carbocycles. The van der Waals surface area contributed by atoms with Crippen LogP contribution >= 0.6 is 27.7 Å². The Morgan fingerprint density at radius 1 is 0.828 bits per heavy atom. The van der Waals surface area contributed by atoms with Crippen molar-refractivity contribution in [2.75, 3.05) is 16.4 Å². The van der Waals surface area contributed by atoms with Crippen LogP contribution in [0.2, 0.25) is 0 Å². The Labute approximate surface area is 182 Å². The Morgan fingerprint density at radius 3 is 2.14 bits per heavy atom. The number of thioether (sulfide) groups is 1. The van der Waals surface area contributed by atoms with Crippen LogP contribution in [0.4, 0.5) is 11.4 Å². The molecule has 0 aromatic heterocycles. The van der Waals surface area contributed by atoms with Crippen LogP contribution in [0.3, 0.4) is 0 Å². The molecule has 0 radical (unpaired) electrons. The molecule has 6 heteroatoms. The molecule has 0 aliphatic heterocycles. The summed E-state index contributed by atoms with van der Waals surface area (Å²) >= 11 is 4.80. The topological polar surface area (TPSA) is 58.2 Å². The van der Waals surface area contributed by atoms with Gasteiger partial charge in [-0.25, -0.2) is 0 Å². The van der Waals surface area contributed by atoms with Gasteiger partial charge in [0, 0.05) is 26.8 Å². The van der Waals surface area contributed by atoms with Gasteiger partial charge in [-0.05, 0) is 60.2 Å². The number of hydrogen-bond donors (Lipinski definition) is 2. The van der Waals surface area contributed by atoms with Gasteiger partial charge in [-0.2, -0.15) is 0 Å². The molecular formula is C23H19BrN2O2S. The van der Waals surface area contributed by atoms with E-state index in [9.17, 15) is 9.59 Å². The third-order valence-electron chi connectivity index (χ3n) is 3.85. The number of hydrogen-bond acceptors (Lipinski definition) is 3. The largest absolute Gasteiger partial charge is 0.325 e. The second-order valence-electron chi connectivity index (χ2n) is 6.10. The molecule has 29 heavy (non-hydrogen) atoms. The molecule has 2 amide bonds. The highest BCUT2D eigenvalue weighted by atomic mass is 79.9. The first-order chi connectivity index (χ1) is 14.1. The molecule has 146 valence electrons. The van der Waals surface area contributed by atoms with Crippen molar-refractivity contribution in [1.29, 1.82) is 0 Å². The fraction of sp³-hybridized carbons (Fsp3) is 0.0435. The molecule has 0 fully saturated rings. The van der Waals surface area contributed by atoms with Gasteiger partial charge < -0.3 is 10.6 Å². The number of benzene rings is 3. The normalized spacial score (nSPS) is 10.7. The van der Waals surface area contributed by atoms with Gasteiger partial charge in [-0.15, -0.1) is 11.8 Å². The van der Waals surface area contributed by atoms with Crippen LogP contribution in [0.15, 0.2) is 94.3 Å². The summed E-state index contributed by atoms with van der Waals surface area (Å²) in [6.45, 7) is 0. The highest BCUT2D eigenvalue weighted by Crippen LogP contribution is 2.21. The van der Waals surface area contributed by atoms with Crippen molar-refractivity contribution < 1.29 is 9.59 Å². The zero-order chi connectivity index (χ0) is 20.5. The number of rotatable bonds is 7. The van der Waals surface area contributed by atoms with Gasteiger partial charge in [-0.1, -0.05) is 46.3 Å². The summed E-state index contributed by atoms with van der Waals surface area (Å²) in [6, 6.07) is 24.5. The number of halogens is 1. The Bertz CT molecular complexity index is 988. The molecule has 3 rings (SSSR count). The SMILES string of the molecule is O=C(/C=C/c1ccccc1)Nc1ccc(SCC(=O)Nc2ccc(Br)cc2)cc1. The molecule has 0 aliphatic rings. The van der Waals surface area contributed by atoms with Gasteiger partial charge >= 0.3 is 0 Å². The van der Waals surface area contributed by atoms with Crippen LogP contribution in [0.25, 0.3) is 6.08 Å². The summed E-state index contributed by atoms with van der Waals surface area (Å²) in [5.41, 5.74) is 2.44. The second-order valence-corrected chi connectivity index (χ2v) is 8.07. The molecule has 0 unspecified atom stereocenters. The average Bonchev–Trinajstić information content (AvgIpc) is 2.74. The molecular weight excluding hydrogens is 448 g/mol. The Balaban J connectivity index is 1.45. The molecule has 0 saturated carbocycles. The highest BCUT2D eigenvalue weighted by molar-refractivity contribution is 9.10. The van der Waals surface area contributed by atoms with Gasteiger partial charge in [0.25, 0.3) is 0 Å². The minimum atomic E-state index is -0.192. The molecule has 4 nitrogen and oxygen atoms in total. The maximum atomic E-state index is 12.1.